The highest BCUT2D eigenvalue weighted by Crippen LogP contribution is 2.21. The molecule has 5 nitrogen and oxygen atoms in total. The highest BCUT2D eigenvalue weighted by molar-refractivity contribution is 6.05. The molecule has 6 heteroatoms. The molecule has 0 aliphatic carbocycles. The maximum absolute atomic E-state index is 13.5. The smallest absolute Gasteiger partial charge is 0.263 e. The third-order valence-corrected chi connectivity index (χ3v) is 2.46. The lowest BCUT2D eigenvalue weighted by Gasteiger charge is -2.07. The van der Waals surface area contributed by atoms with Crippen molar-refractivity contribution in [1.29, 1.82) is 0 Å². The zero-order chi connectivity index (χ0) is 13.3. The fraction of sp³-hybridized carbons (Fsp3) is 0.167. The highest BCUT2D eigenvalue weighted by atomic mass is 19.1. The Kier molecular flexibility index (Phi) is 3.01. The number of amides is 1. The number of hydrogen-bond donors (Lipinski definition) is 2. The van der Waals surface area contributed by atoms with Crippen LogP contribution in [-0.4, -0.2) is 20.8 Å². The Morgan fingerprint density at radius 3 is 2.78 bits per heavy atom. The first-order valence-electron chi connectivity index (χ1n) is 5.28. The van der Waals surface area contributed by atoms with Gasteiger partial charge in [-0.25, -0.2) is 4.39 Å². The van der Waals surface area contributed by atoms with E-state index in [-0.39, 0.29) is 5.56 Å². The molecule has 0 saturated heterocycles. The first-order chi connectivity index (χ1) is 8.49. The lowest BCUT2D eigenvalue weighted by atomic mass is 10.1. The number of aromatic hydroxyl groups is 1. The molecule has 2 N–H and O–H groups in total. The number of benzene rings is 1. The van der Waals surface area contributed by atoms with Gasteiger partial charge < -0.3 is 10.4 Å². The Bertz CT molecular complexity index is 587. The van der Waals surface area contributed by atoms with Gasteiger partial charge in [-0.1, -0.05) is 6.07 Å². The lowest BCUT2D eigenvalue weighted by molar-refractivity contribution is 0.101. The van der Waals surface area contributed by atoms with Gasteiger partial charge in [-0.15, -0.1) is 0 Å². The zero-order valence-corrected chi connectivity index (χ0v) is 9.94. The molecule has 0 unspecified atom stereocenters. The van der Waals surface area contributed by atoms with Crippen LogP contribution < -0.4 is 5.32 Å². The van der Waals surface area contributed by atoms with E-state index in [2.05, 4.69) is 10.4 Å². The number of aryl methyl sites for hydroxylation is 2. The first-order valence-corrected chi connectivity index (χ1v) is 5.28. The number of halogens is 1. The van der Waals surface area contributed by atoms with Gasteiger partial charge in [0.25, 0.3) is 5.91 Å². The summed E-state index contributed by atoms with van der Waals surface area (Å²) in [5.41, 5.74) is 0.349. The largest absolute Gasteiger partial charge is 0.507 e. The van der Waals surface area contributed by atoms with Crippen LogP contribution in [0.3, 0.4) is 0 Å². The van der Waals surface area contributed by atoms with Crippen molar-refractivity contribution in [3.63, 3.8) is 0 Å². The molecule has 0 fully saturated rings. The van der Waals surface area contributed by atoms with E-state index in [0.29, 0.717) is 5.82 Å². The molecule has 18 heavy (non-hydrogen) atoms. The molecule has 1 aromatic carbocycles. The van der Waals surface area contributed by atoms with Crippen LogP contribution in [-0.2, 0) is 7.05 Å². The summed E-state index contributed by atoms with van der Waals surface area (Å²) in [6.07, 6.45) is 0. The third kappa shape index (κ3) is 2.17. The van der Waals surface area contributed by atoms with Crippen LogP contribution >= 0.6 is 0 Å². The number of nitrogens with zero attached hydrogens (tertiary/aromatic N) is 2. The van der Waals surface area contributed by atoms with Gasteiger partial charge in [-0.3, -0.25) is 9.48 Å². The summed E-state index contributed by atoms with van der Waals surface area (Å²) in [7, 11) is 1.66. The Morgan fingerprint density at radius 2 is 2.22 bits per heavy atom. The molecule has 94 valence electrons. The van der Waals surface area contributed by atoms with Crippen molar-refractivity contribution in [2.24, 2.45) is 7.05 Å². The molecule has 1 amide bonds. The van der Waals surface area contributed by atoms with Crippen LogP contribution in [0.25, 0.3) is 0 Å². The number of phenolic OH excluding ortho intramolecular Hbond substituents is 1. The molecular formula is C12H12FN3O2. The standard InChI is InChI=1S/C12H12FN3O2/c1-7-6-10(16(2)15-7)14-12(18)11-8(13)4-3-5-9(11)17/h3-6,17H,1-2H3,(H,14,18). The molecule has 0 radical (unpaired) electrons. The molecular weight excluding hydrogens is 237 g/mol. The van der Waals surface area contributed by atoms with Crippen molar-refractivity contribution in [2.75, 3.05) is 5.32 Å². The van der Waals surface area contributed by atoms with Gasteiger partial charge in [0.15, 0.2) is 0 Å². The summed E-state index contributed by atoms with van der Waals surface area (Å²) < 4.78 is 14.9. The number of phenols is 1. The molecule has 2 aromatic rings. The highest BCUT2D eigenvalue weighted by Gasteiger charge is 2.17. The summed E-state index contributed by atoms with van der Waals surface area (Å²) in [6, 6.07) is 5.35. The van der Waals surface area contributed by atoms with Crippen molar-refractivity contribution >= 4 is 11.7 Å². The number of hydrogen-bond acceptors (Lipinski definition) is 3. The third-order valence-electron chi connectivity index (χ3n) is 2.46. The first kappa shape index (κ1) is 12.1. The molecule has 1 heterocycles. The fourth-order valence-electron chi connectivity index (χ4n) is 1.64. The predicted octanol–water partition coefficient (Wildman–Crippen LogP) is 1.83. The van der Waals surface area contributed by atoms with Crippen LogP contribution in [0.15, 0.2) is 24.3 Å². The molecule has 0 saturated carbocycles. The minimum Gasteiger partial charge on any atom is -0.507 e. The maximum atomic E-state index is 13.5. The van der Waals surface area contributed by atoms with Gasteiger partial charge >= 0.3 is 0 Å². The second-order valence-corrected chi connectivity index (χ2v) is 3.88. The van der Waals surface area contributed by atoms with Crippen LogP contribution in [0, 0.1) is 12.7 Å². The lowest BCUT2D eigenvalue weighted by Crippen LogP contribution is -2.16. The quantitative estimate of drug-likeness (QED) is 0.853. The van der Waals surface area contributed by atoms with E-state index in [1.54, 1.807) is 20.0 Å². The second kappa shape index (κ2) is 4.48. The summed E-state index contributed by atoms with van der Waals surface area (Å²) in [5.74, 6) is -1.45. The van der Waals surface area contributed by atoms with E-state index in [1.165, 1.54) is 16.8 Å². The Labute approximate surface area is 103 Å². The van der Waals surface area contributed by atoms with Crippen LogP contribution in [0.4, 0.5) is 10.2 Å². The summed E-state index contributed by atoms with van der Waals surface area (Å²) in [6.45, 7) is 1.77. The van der Waals surface area contributed by atoms with Crippen LogP contribution in [0.5, 0.6) is 5.75 Å². The number of anilines is 1. The maximum Gasteiger partial charge on any atom is 0.263 e. The number of rotatable bonds is 2. The van der Waals surface area contributed by atoms with Gasteiger partial charge in [-0.05, 0) is 19.1 Å². The predicted molar refractivity (Wildman–Crippen MR) is 64.0 cm³/mol. The Morgan fingerprint density at radius 1 is 1.50 bits per heavy atom. The average Bonchev–Trinajstić information content (AvgIpc) is 2.57. The molecule has 0 bridgehead atoms. The van der Waals surface area contributed by atoms with Gasteiger partial charge in [0, 0.05) is 13.1 Å². The van der Waals surface area contributed by atoms with Gasteiger partial charge in [0.1, 0.15) is 22.9 Å². The fourth-order valence-corrected chi connectivity index (χ4v) is 1.64. The molecule has 2 rings (SSSR count). The van der Waals surface area contributed by atoms with Crippen molar-refractivity contribution in [3.8, 4) is 5.75 Å². The molecule has 0 atom stereocenters. The Balaban J connectivity index is 2.30. The minimum absolute atomic E-state index is 0.378. The Hall–Kier alpha value is -2.37. The van der Waals surface area contributed by atoms with E-state index in [4.69, 9.17) is 0 Å². The van der Waals surface area contributed by atoms with E-state index < -0.39 is 17.5 Å². The number of aromatic nitrogens is 2. The molecule has 1 aromatic heterocycles. The molecule has 0 aliphatic rings. The number of carbonyl (C=O) groups is 1. The molecule has 0 spiro atoms. The minimum atomic E-state index is -0.772. The average molecular weight is 249 g/mol. The van der Waals surface area contributed by atoms with Crippen LogP contribution in [0.2, 0.25) is 0 Å². The zero-order valence-electron chi connectivity index (χ0n) is 9.94. The van der Waals surface area contributed by atoms with Gasteiger partial charge in [-0.2, -0.15) is 5.10 Å². The van der Waals surface area contributed by atoms with E-state index in [1.807, 2.05) is 0 Å². The van der Waals surface area contributed by atoms with E-state index >= 15 is 0 Å². The molecule has 0 aliphatic heterocycles. The number of nitrogens with one attached hydrogen (secondary N) is 1. The summed E-state index contributed by atoms with van der Waals surface area (Å²) in [5, 5.41) is 16.0. The normalized spacial score (nSPS) is 10.4. The summed E-state index contributed by atoms with van der Waals surface area (Å²) >= 11 is 0. The van der Waals surface area contributed by atoms with Crippen molar-refractivity contribution < 1.29 is 14.3 Å². The second-order valence-electron chi connectivity index (χ2n) is 3.88. The topological polar surface area (TPSA) is 67.2 Å². The number of carbonyl (C=O) groups excluding carboxylic acids is 1. The van der Waals surface area contributed by atoms with Gasteiger partial charge in [0.05, 0.1) is 5.69 Å². The van der Waals surface area contributed by atoms with Gasteiger partial charge in [0.2, 0.25) is 0 Å². The van der Waals surface area contributed by atoms with Crippen molar-refractivity contribution in [2.45, 2.75) is 6.92 Å². The van der Waals surface area contributed by atoms with Crippen molar-refractivity contribution in [1.82, 2.24) is 9.78 Å². The van der Waals surface area contributed by atoms with Crippen molar-refractivity contribution in [3.05, 3.63) is 41.3 Å². The monoisotopic (exact) mass is 249 g/mol. The summed E-state index contributed by atoms with van der Waals surface area (Å²) in [4.78, 5) is 11.9. The van der Waals surface area contributed by atoms with E-state index in [9.17, 15) is 14.3 Å². The van der Waals surface area contributed by atoms with Crippen LogP contribution in [0.1, 0.15) is 16.1 Å². The van der Waals surface area contributed by atoms with E-state index in [0.717, 1.165) is 11.8 Å². The SMILES string of the molecule is Cc1cc(NC(=O)c2c(O)cccc2F)n(C)n1.